The van der Waals surface area contributed by atoms with Crippen molar-refractivity contribution in [3.63, 3.8) is 0 Å². The second-order valence-electron chi connectivity index (χ2n) is 5.51. The molecule has 2 aromatic rings. The Morgan fingerprint density at radius 2 is 1.86 bits per heavy atom. The third-order valence-electron chi connectivity index (χ3n) is 3.78. The first kappa shape index (κ1) is 15.1. The van der Waals surface area contributed by atoms with Crippen molar-refractivity contribution in [3.8, 4) is 0 Å². The molecule has 0 bridgehead atoms. The Morgan fingerprint density at radius 3 is 2.59 bits per heavy atom. The van der Waals surface area contributed by atoms with Gasteiger partial charge in [0, 0.05) is 17.1 Å². The molecular weight excluding hydrogens is 296 g/mol. The van der Waals surface area contributed by atoms with Gasteiger partial charge in [-0.1, -0.05) is 30.0 Å². The molecule has 0 radical (unpaired) electrons. The summed E-state index contributed by atoms with van der Waals surface area (Å²) in [5.41, 5.74) is 5.74. The number of aliphatic hydroxyl groups is 1. The molecule has 1 aliphatic carbocycles. The lowest BCUT2D eigenvalue weighted by Gasteiger charge is -2.27. The number of nitrogens with zero attached hydrogens (tertiary/aromatic N) is 2. The molecule has 6 heteroatoms. The second-order valence-corrected chi connectivity index (χ2v) is 6.62. The SMILES string of the molecule is Nc1ncc(Sc2ccccc2)c(N[C@H]2CC[C@H](O)CC2)n1. The predicted octanol–water partition coefficient (Wildman–Crippen LogP) is 2.93. The molecule has 1 heterocycles. The van der Waals surface area contributed by atoms with E-state index in [1.54, 1.807) is 18.0 Å². The minimum atomic E-state index is -0.160. The van der Waals surface area contributed by atoms with Gasteiger partial charge in [0.15, 0.2) is 0 Å². The largest absolute Gasteiger partial charge is 0.393 e. The molecule has 1 aromatic carbocycles. The molecule has 0 saturated heterocycles. The minimum absolute atomic E-state index is 0.160. The molecule has 1 saturated carbocycles. The Kier molecular flexibility index (Phi) is 4.80. The molecule has 0 spiro atoms. The number of hydrogen-bond donors (Lipinski definition) is 3. The van der Waals surface area contributed by atoms with E-state index in [1.165, 1.54) is 0 Å². The van der Waals surface area contributed by atoms with Gasteiger partial charge in [-0.3, -0.25) is 0 Å². The summed E-state index contributed by atoms with van der Waals surface area (Å²) in [5.74, 6) is 1.05. The highest BCUT2D eigenvalue weighted by Gasteiger charge is 2.20. The van der Waals surface area contributed by atoms with Gasteiger partial charge in [-0.15, -0.1) is 0 Å². The van der Waals surface area contributed by atoms with Gasteiger partial charge in [-0.05, 0) is 37.8 Å². The lowest BCUT2D eigenvalue weighted by Crippen LogP contribution is -2.28. The van der Waals surface area contributed by atoms with Crippen LogP contribution in [0.3, 0.4) is 0 Å². The molecule has 1 aromatic heterocycles. The van der Waals surface area contributed by atoms with E-state index in [0.717, 1.165) is 41.3 Å². The molecule has 22 heavy (non-hydrogen) atoms. The van der Waals surface area contributed by atoms with Crippen LogP contribution in [-0.2, 0) is 0 Å². The van der Waals surface area contributed by atoms with E-state index in [-0.39, 0.29) is 12.1 Å². The first-order chi connectivity index (χ1) is 10.7. The Hall–Kier alpha value is -1.79. The average Bonchev–Trinajstić information content (AvgIpc) is 2.53. The fourth-order valence-corrected chi connectivity index (χ4v) is 3.45. The zero-order valence-corrected chi connectivity index (χ0v) is 13.1. The first-order valence-corrected chi connectivity index (χ1v) is 8.32. The number of hydrogen-bond acceptors (Lipinski definition) is 6. The maximum atomic E-state index is 9.61. The molecule has 3 rings (SSSR count). The number of anilines is 2. The molecule has 1 fully saturated rings. The Balaban J connectivity index is 1.76. The zero-order valence-electron chi connectivity index (χ0n) is 12.3. The van der Waals surface area contributed by atoms with Crippen LogP contribution < -0.4 is 11.1 Å². The van der Waals surface area contributed by atoms with Gasteiger partial charge in [0.25, 0.3) is 0 Å². The summed E-state index contributed by atoms with van der Waals surface area (Å²) < 4.78 is 0. The van der Waals surface area contributed by atoms with E-state index >= 15 is 0 Å². The van der Waals surface area contributed by atoms with Crippen LogP contribution in [0, 0.1) is 0 Å². The highest BCUT2D eigenvalue weighted by atomic mass is 32.2. The molecule has 5 nitrogen and oxygen atoms in total. The number of aliphatic hydroxyl groups excluding tert-OH is 1. The fraction of sp³-hybridized carbons (Fsp3) is 0.375. The Bertz CT molecular complexity index is 615. The van der Waals surface area contributed by atoms with Crippen molar-refractivity contribution in [1.29, 1.82) is 0 Å². The van der Waals surface area contributed by atoms with Crippen molar-refractivity contribution < 1.29 is 5.11 Å². The molecule has 0 atom stereocenters. The minimum Gasteiger partial charge on any atom is -0.393 e. The van der Waals surface area contributed by atoms with Crippen LogP contribution in [0.5, 0.6) is 0 Å². The number of rotatable bonds is 4. The van der Waals surface area contributed by atoms with E-state index in [0.29, 0.717) is 6.04 Å². The van der Waals surface area contributed by atoms with Gasteiger partial charge in [-0.25, -0.2) is 4.98 Å². The third kappa shape index (κ3) is 3.90. The van der Waals surface area contributed by atoms with Crippen LogP contribution in [-0.4, -0.2) is 27.2 Å². The molecule has 1 aliphatic rings. The summed E-state index contributed by atoms with van der Waals surface area (Å²) in [6.07, 6.45) is 5.16. The highest BCUT2D eigenvalue weighted by molar-refractivity contribution is 7.99. The van der Waals surface area contributed by atoms with Crippen molar-refractivity contribution in [2.75, 3.05) is 11.1 Å². The zero-order chi connectivity index (χ0) is 15.4. The monoisotopic (exact) mass is 316 g/mol. The number of nitrogens with two attached hydrogens (primary N) is 1. The number of benzene rings is 1. The summed E-state index contributed by atoms with van der Waals surface area (Å²) in [7, 11) is 0. The second kappa shape index (κ2) is 6.98. The topological polar surface area (TPSA) is 84.1 Å². The molecule has 0 unspecified atom stereocenters. The summed E-state index contributed by atoms with van der Waals surface area (Å²) in [6, 6.07) is 10.5. The van der Waals surface area contributed by atoms with Crippen LogP contribution in [0.25, 0.3) is 0 Å². The van der Waals surface area contributed by atoms with Crippen LogP contribution in [0.1, 0.15) is 25.7 Å². The van der Waals surface area contributed by atoms with E-state index in [2.05, 4.69) is 27.4 Å². The van der Waals surface area contributed by atoms with Gasteiger partial charge in [-0.2, -0.15) is 4.98 Å². The predicted molar refractivity (Wildman–Crippen MR) is 88.9 cm³/mol. The van der Waals surface area contributed by atoms with E-state index in [4.69, 9.17) is 5.73 Å². The molecular formula is C16H20N4OS. The van der Waals surface area contributed by atoms with E-state index in [1.807, 2.05) is 18.2 Å². The van der Waals surface area contributed by atoms with Gasteiger partial charge in [0.2, 0.25) is 5.95 Å². The maximum absolute atomic E-state index is 9.61. The summed E-state index contributed by atoms with van der Waals surface area (Å²) in [6.45, 7) is 0. The van der Waals surface area contributed by atoms with Gasteiger partial charge >= 0.3 is 0 Å². The molecule has 4 N–H and O–H groups in total. The lowest BCUT2D eigenvalue weighted by molar-refractivity contribution is 0.126. The normalized spacial score (nSPS) is 21.5. The van der Waals surface area contributed by atoms with Crippen molar-refractivity contribution in [2.45, 2.75) is 47.6 Å². The third-order valence-corrected chi connectivity index (χ3v) is 4.81. The van der Waals surface area contributed by atoms with Crippen molar-refractivity contribution in [2.24, 2.45) is 0 Å². The fourth-order valence-electron chi connectivity index (χ4n) is 2.59. The van der Waals surface area contributed by atoms with Crippen LogP contribution in [0.2, 0.25) is 0 Å². The smallest absolute Gasteiger partial charge is 0.221 e. The lowest BCUT2D eigenvalue weighted by atomic mass is 9.93. The van der Waals surface area contributed by atoms with E-state index in [9.17, 15) is 5.11 Å². The summed E-state index contributed by atoms with van der Waals surface area (Å²) in [4.78, 5) is 10.6. The van der Waals surface area contributed by atoms with Crippen LogP contribution >= 0.6 is 11.8 Å². The summed E-state index contributed by atoms with van der Waals surface area (Å²) in [5, 5.41) is 13.1. The van der Waals surface area contributed by atoms with Crippen LogP contribution in [0.15, 0.2) is 46.3 Å². The van der Waals surface area contributed by atoms with Crippen LogP contribution in [0.4, 0.5) is 11.8 Å². The molecule has 0 aliphatic heterocycles. The highest BCUT2D eigenvalue weighted by Crippen LogP contribution is 2.33. The van der Waals surface area contributed by atoms with Crippen molar-refractivity contribution >= 4 is 23.5 Å². The Morgan fingerprint density at radius 1 is 1.14 bits per heavy atom. The molecule has 0 amide bonds. The Labute approximate surface area is 134 Å². The van der Waals surface area contributed by atoms with Gasteiger partial charge in [0.05, 0.1) is 11.0 Å². The van der Waals surface area contributed by atoms with Gasteiger partial charge in [0.1, 0.15) is 5.82 Å². The number of nitrogens with one attached hydrogen (secondary N) is 1. The number of nitrogen functional groups attached to an aromatic ring is 1. The summed E-state index contributed by atoms with van der Waals surface area (Å²) >= 11 is 1.62. The average molecular weight is 316 g/mol. The van der Waals surface area contributed by atoms with Crippen molar-refractivity contribution in [3.05, 3.63) is 36.5 Å². The van der Waals surface area contributed by atoms with Crippen molar-refractivity contribution in [1.82, 2.24) is 9.97 Å². The molecule has 116 valence electrons. The quantitative estimate of drug-likeness (QED) is 0.804. The standard InChI is InChI=1S/C16H20N4OS/c17-16-18-10-14(22-13-4-2-1-3-5-13)15(20-16)19-11-6-8-12(21)9-7-11/h1-5,10-12,21H,6-9H2,(H3,17,18,19,20)/t11-,12-. The van der Waals surface area contributed by atoms with Gasteiger partial charge < -0.3 is 16.2 Å². The number of aromatic nitrogens is 2. The first-order valence-electron chi connectivity index (χ1n) is 7.51. The maximum Gasteiger partial charge on any atom is 0.221 e. The van der Waals surface area contributed by atoms with E-state index < -0.39 is 0 Å².